The molecule has 11 rings (SSSR count). The number of nitrogens with one attached hydrogen (secondary N) is 3. The lowest BCUT2D eigenvalue weighted by Crippen LogP contribution is -2.30. The molecule has 0 radical (unpaired) electrons. The van der Waals surface area contributed by atoms with Crippen LogP contribution in [0.2, 0.25) is 0 Å². The lowest BCUT2D eigenvalue weighted by molar-refractivity contribution is 0.179. The molecule has 9 unspecified atom stereocenters. The number of aromatic nitrogens is 6. The van der Waals surface area contributed by atoms with Crippen LogP contribution in [0.3, 0.4) is 0 Å². The molecule has 6 fully saturated rings. The van der Waals surface area contributed by atoms with E-state index in [2.05, 4.69) is 129 Å². The van der Waals surface area contributed by atoms with E-state index in [0.717, 1.165) is 53.3 Å². The normalized spacial score (nSPS) is 33.6. The summed E-state index contributed by atoms with van der Waals surface area (Å²) in [5.74, 6) is 5.60. The number of rotatable bonds is 9. The van der Waals surface area contributed by atoms with Crippen LogP contribution in [0.25, 0.3) is 0 Å². The van der Waals surface area contributed by atoms with E-state index >= 15 is 0 Å². The van der Waals surface area contributed by atoms with Crippen molar-refractivity contribution < 1.29 is 14.2 Å². The molecular formula is C60H75N9O3. The first-order chi connectivity index (χ1) is 34.4. The second kappa shape index (κ2) is 18.4. The Hall–Kier alpha value is -6.18. The molecule has 6 bridgehead atoms. The van der Waals surface area contributed by atoms with Crippen molar-refractivity contribution in [1.29, 1.82) is 0 Å². The SMILES string of the molecule is COC1=CC=CC(Nc2nc(NC3C=CC=C(OC)C3=C=C3CC4CCC3(C)C4(C)C)nc(NC3C=CC=C(OC)C3=C=C3CC4CCC3(C)C4(C)C)n2)C1=C=C1CC2CCC1(C)C2(C)C.c1ncncn1. The standard InChI is InChI=1S/C57H72N6O3.C3H3N3/c1-52(2)34-22-25-55(52,7)37(28-34)31-40-43(16-13-19-46(40)64-10)58-49-61-50(59-44-17-14-20-47(65-11)41(44)32-38-29-35-23-26-56(38,8)53(35,3)4)63-51(62-49)60-45-18-15-21-48(66-12)42(45)33-39-30-36-24-27-57(39,9)54(36,5)6;1-4-2-6-3-5-1/h13-21,34-36,43-45H,22-30H2,1-12H3,(H3,58,59,60,61,62,63);1-3H. The highest BCUT2D eigenvalue weighted by atomic mass is 16.5. The van der Waals surface area contributed by atoms with E-state index in [1.54, 1.807) is 21.3 Å². The highest BCUT2D eigenvalue weighted by Gasteiger charge is 2.61. The summed E-state index contributed by atoms with van der Waals surface area (Å²) < 4.78 is 18.2. The summed E-state index contributed by atoms with van der Waals surface area (Å²) in [7, 11) is 5.22. The minimum absolute atomic E-state index is 0.0834. The summed E-state index contributed by atoms with van der Waals surface area (Å²) in [6.07, 6.45) is 33.5. The first kappa shape index (κ1) is 49.4. The number of allylic oxidation sites excluding steroid dienone is 6. The number of ether oxygens (including phenoxy) is 3. The van der Waals surface area contributed by atoms with E-state index in [0.29, 0.717) is 35.6 Å². The third kappa shape index (κ3) is 8.06. The van der Waals surface area contributed by atoms with Gasteiger partial charge in [-0.1, -0.05) is 98.8 Å². The average molecular weight is 970 g/mol. The van der Waals surface area contributed by atoms with Crippen molar-refractivity contribution in [1.82, 2.24) is 29.9 Å². The highest BCUT2D eigenvalue weighted by Crippen LogP contribution is 2.70. The van der Waals surface area contributed by atoms with Crippen molar-refractivity contribution in [2.45, 2.75) is 138 Å². The summed E-state index contributed by atoms with van der Waals surface area (Å²) in [4.78, 5) is 26.1. The fraction of sp³-hybridized carbons (Fsp3) is 0.550. The topological polar surface area (TPSA) is 141 Å². The molecule has 0 saturated heterocycles. The number of anilines is 3. The first-order valence-corrected chi connectivity index (χ1v) is 26.3. The molecule has 0 amide bonds. The molecule has 2 aromatic heterocycles. The Morgan fingerprint density at radius 3 is 0.931 bits per heavy atom. The Kier molecular flexibility index (Phi) is 12.6. The van der Waals surface area contributed by atoms with Crippen molar-refractivity contribution >= 4 is 17.8 Å². The van der Waals surface area contributed by atoms with Gasteiger partial charge in [0.05, 0.1) is 56.2 Å². The zero-order valence-corrected chi connectivity index (χ0v) is 44.7. The number of hydrogen-bond acceptors (Lipinski definition) is 12. The van der Waals surface area contributed by atoms with Gasteiger partial charge in [0.15, 0.2) is 0 Å². The molecule has 9 aliphatic carbocycles. The largest absolute Gasteiger partial charge is 0.496 e. The minimum Gasteiger partial charge on any atom is -0.496 e. The maximum atomic E-state index is 6.05. The van der Waals surface area contributed by atoms with Gasteiger partial charge < -0.3 is 30.2 Å². The second-order valence-electron chi connectivity index (χ2n) is 23.9. The molecule has 9 aliphatic rings. The summed E-state index contributed by atoms with van der Waals surface area (Å²) in [5.41, 5.74) is 19.8. The van der Waals surface area contributed by atoms with Gasteiger partial charge in [-0.15, -0.1) is 17.2 Å². The van der Waals surface area contributed by atoms with E-state index in [1.807, 2.05) is 36.5 Å². The van der Waals surface area contributed by atoms with E-state index in [9.17, 15) is 0 Å². The van der Waals surface area contributed by atoms with Crippen molar-refractivity contribution in [3.8, 4) is 0 Å². The molecule has 0 spiro atoms. The third-order valence-corrected chi connectivity index (χ3v) is 20.4. The molecule has 9 atom stereocenters. The van der Waals surface area contributed by atoms with E-state index in [4.69, 9.17) is 29.2 Å². The maximum absolute atomic E-state index is 6.05. The summed E-state index contributed by atoms with van der Waals surface area (Å²) in [6.45, 7) is 21.9. The smallest absolute Gasteiger partial charge is 0.230 e. The Balaban J connectivity index is 0.000000927. The van der Waals surface area contributed by atoms with Gasteiger partial charge in [-0.3, -0.25) is 0 Å². The number of hydrogen-bond donors (Lipinski definition) is 3. The van der Waals surface area contributed by atoms with Gasteiger partial charge in [-0.2, -0.15) is 15.0 Å². The predicted octanol–water partition coefficient (Wildman–Crippen LogP) is 12.3. The molecule has 2 aromatic rings. The zero-order chi connectivity index (χ0) is 50.8. The van der Waals surface area contributed by atoms with Crippen LogP contribution in [0.1, 0.15) is 120 Å². The first-order valence-electron chi connectivity index (χ1n) is 26.3. The predicted molar refractivity (Wildman–Crippen MR) is 284 cm³/mol. The average Bonchev–Trinajstić information content (AvgIpc) is 4.01. The lowest BCUT2D eigenvalue weighted by atomic mass is 9.69. The summed E-state index contributed by atoms with van der Waals surface area (Å²) in [5, 5.41) is 11.2. The maximum Gasteiger partial charge on any atom is 0.230 e. The van der Waals surface area contributed by atoms with Crippen LogP contribution < -0.4 is 16.0 Å². The van der Waals surface area contributed by atoms with Gasteiger partial charge in [-0.25, -0.2) is 15.0 Å². The van der Waals surface area contributed by atoms with Crippen molar-refractivity contribution in [2.75, 3.05) is 37.3 Å². The minimum atomic E-state index is -0.300. The molecule has 0 aliphatic heterocycles. The van der Waals surface area contributed by atoms with E-state index in [-0.39, 0.29) is 50.6 Å². The van der Waals surface area contributed by atoms with Gasteiger partial charge >= 0.3 is 0 Å². The van der Waals surface area contributed by atoms with Crippen LogP contribution >= 0.6 is 0 Å². The second-order valence-corrected chi connectivity index (χ2v) is 23.9. The van der Waals surface area contributed by atoms with Crippen LogP contribution in [0.4, 0.5) is 17.8 Å². The quantitative estimate of drug-likeness (QED) is 0.206. The van der Waals surface area contributed by atoms with Gasteiger partial charge in [0.1, 0.15) is 36.3 Å². The molecule has 12 nitrogen and oxygen atoms in total. The molecule has 12 heteroatoms. The van der Waals surface area contributed by atoms with Gasteiger partial charge in [0.2, 0.25) is 17.8 Å². The van der Waals surface area contributed by atoms with Crippen LogP contribution in [-0.2, 0) is 14.2 Å². The molecule has 72 heavy (non-hydrogen) atoms. The molecule has 3 N–H and O–H groups in total. The molecule has 0 aromatic carbocycles. The van der Waals surface area contributed by atoms with E-state index < -0.39 is 0 Å². The van der Waals surface area contributed by atoms with Crippen LogP contribution in [0.15, 0.2) is 142 Å². The van der Waals surface area contributed by atoms with E-state index in [1.165, 1.54) is 74.2 Å². The monoisotopic (exact) mass is 970 g/mol. The lowest BCUT2D eigenvalue weighted by Gasteiger charge is -2.35. The number of nitrogens with zero attached hydrogens (tertiary/aromatic N) is 6. The zero-order valence-electron chi connectivity index (χ0n) is 44.7. The molecule has 2 heterocycles. The Bertz CT molecular complexity index is 2590. The summed E-state index contributed by atoms with van der Waals surface area (Å²) >= 11 is 0. The number of methoxy groups -OCH3 is 3. The van der Waals surface area contributed by atoms with Gasteiger partial charge in [-0.05, 0) is 127 Å². The Morgan fingerprint density at radius 1 is 0.444 bits per heavy atom. The molecular weight excluding hydrogens is 895 g/mol. The van der Waals surface area contributed by atoms with Gasteiger partial charge in [0, 0.05) is 16.2 Å². The van der Waals surface area contributed by atoms with Crippen molar-refractivity contribution in [3.05, 3.63) is 142 Å². The number of fused-ring (bicyclic) bond motifs is 6. The summed E-state index contributed by atoms with van der Waals surface area (Å²) in [6, 6.07) is -0.901. The van der Waals surface area contributed by atoms with Crippen LogP contribution in [-0.4, -0.2) is 69.4 Å². The fourth-order valence-corrected chi connectivity index (χ4v) is 14.2. The fourth-order valence-electron chi connectivity index (χ4n) is 14.2. The Labute approximate surface area is 427 Å². The highest BCUT2D eigenvalue weighted by molar-refractivity contribution is 5.56. The molecule has 6 saturated carbocycles. The molecule has 378 valence electrons. The van der Waals surface area contributed by atoms with Crippen molar-refractivity contribution in [3.63, 3.8) is 0 Å². The third-order valence-electron chi connectivity index (χ3n) is 20.4. The van der Waals surface area contributed by atoms with Crippen LogP contribution in [0.5, 0.6) is 0 Å². The van der Waals surface area contributed by atoms with Crippen LogP contribution in [0, 0.1) is 50.2 Å². The van der Waals surface area contributed by atoms with Gasteiger partial charge in [0.25, 0.3) is 0 Å². The Morgan fingerprint density at radius 2 is 0.722 bits per heavy atom. The van der Waals surface area contributed by atoms with Crippen molar-refractivity contribution in [2.24, 2.45) is 50.2 Å².